The lowest BCUT2D eigenvalue weighted by Gasteiger charge is -2.38. The molecule has 178 valence electrons. The molecule has 5 rings (SSSR count). The Labute approximate surface area is 207 Å². The Morgan fingerprint density at radius 2 is 1.91 bits per heavy atom. The van der Waals surface area contributed by atoms with E-state index in [-0.39, 0.29) is 24.4 Å². The number of methoxy groups -OCH3 is 1. The lowest BCUT2D eigenvalue weighted by atomic mass is 10.0. The number of carbonyl (C=O) groups is 1. The van der Waals surface area contributed by atoms with Gasteiger partial charge in [0.1, 0.15) is 5.75 Å². The van der Waals surface area contributed by atoms with Gasteiger partial charge in [-0.15, -0.1) is 28.8 Å². The molecule has 1 fully saturated rings. The van der Waals surface area contributed by atoms with Crippen molar-refractivity contribution < 1.29 is 13.9 Å². The highest BCUT2D eigenvalue weighted by atomic mass is 35.5. The standard InChI is InChI=1S/C23H24N6O3S.ClH/c1-31-18-8-6-17(7-9-18)21(22-24-25-26-29(22)16-19-4-3-15-33-19)27-10-12-28(13-11-27)23(30)20-5-2-14-32-20;/h2-9,14-15,21H,10-13,16H2,1H3;1H. The molecule has 0 saturated carbocycles. The molecule has 4 heterocycles. The van der Waals surface area contributed by atoms with E-state index in [4.69, 9.17) is 9.15 Å². The predicted octanol–water partition coefficient (Wildman–Crippen LogP) is 3.35. The van der Waals surface area contributed by atoms with Crippen LogP contribution in [-0.2, 0) is 6.54 Å². The maximum Gasteiger partial charge on any atom is 0.289 e. The third-order valence-corrected chi connectivity index (χ3v) is 6.68. The van der Waals surface area contributed by atoms with Crippen molar-refractivity contribution in [3.63, 3.8) is 0 Å². The molecule has 1 aliphatic heterocycles. The van der Waals surface area contributed by atoms with Crippen LogP contribution in [0.1, 0.15) is 32.9 Å². The van der Waals surface area contributed by atoms with Gasteiger partial charge in [-0.3, -0.25) is 9.69 Å². The molecule has 4 aromatic rings. The van der Waals surface area contributed by atoms with Gasteiger partial charge >= 0.3 is 0 Å². The van der Waals surface area contributed by atoms with Crippen LogP contribution in [0.25, 0.3) is 0 Å². The summed E-state index contributed by atoms with van der Waals surface area (Å²) >= 11 is 1.68. The summed E-state index contributed by atoms with van der Waals surface area (Å²) in [7, 11) is 1.66. The van der Waals surface area contributed by atoms with Crippen molar-refractivity contribution >= 4 is 29.7 Å². The Hall–Kier alpha value is -3.21. The zero-order valence-corrected chi connectivity index (χ0v) is 20.2. The number of halogens is 1. The highest BCUT2D eigenvalue weighted by molar-refractivity contribution is 7.09. The lowest BCUT2D eigenvalue weighted by molar-refractivity contribution is 0.0559. The second-order valence-electron chi connectivity index (χ2n) is 7.76. The first-order valence-corrected chi connectivity index (χ1v) is 11.6. The Kier molecular flexibility index (Phi) is 7.61. The van der Waals surface area contributed by atoms with Crippen molar-refractivity contribution in [1.29, 1.82) is 0 Å². The molecule has 0 radical (unpaired) electrons. The minimum Gasteiger partial charge on any atom is -0.497 e. The minimum atomic E-state index is -0.147. The summed E-state index contributed by atoms with van der Waals surface area (Å²) in [5.41, 5.74) is 1.07. The van der Waals surface area contributed by atoms with Gasteiger partial charge in [0.15, 0.2) is 11.6 Å². The molecule has 1 unspecified atom stereocenters. The molecular weight excluding hydrogens is 476 g/mol. The summed E-state index contributed by atoms with van der Waals surface area (Å²) in [5.74, 6) is 1.86. The predicted molar refractivity (Wildman–Crippen MR) is 130 cm³/mol. The zero-order chi connectivity index (χ0) is 22.6. The van der Waals surface area contributed by atoms with Gasteiger partial charge in [0.2, 0.25) is 0 Å². The van der Waals surface area contributed by atoms with E-state index in [1.807, 2.05) is 39.9 Å². The molecule has 0 aliphatic carbocycles. The van der Waals surface area contributed by atoms with Crippen LogP contribution in [0.2, 0.25) is 0 Å². The molecule has 1 aliphatic rings. The van der Waals surface area contributed by atoms with Crippen molar-refractivity contribution in [2.75, 3.05) is 33.3 Å². The van der Waals surface area contributed by atoms with E-state index >= 15 is 0 Å². The van der Waals surface area contributed by atoms with Crippen molar-refractivity contribution in [2.45, 2.75) is 12.6 Å². The first kappa shape index (κ1) is 23.9. The Bertz CT molecular complexity index is 1170. The fourth-order valence-corrected chi connectivity index (χ4v) is 4.80. The third-order valence-electron chi connectivity index (χ3n) is 5.82. The second kappa shape index (κ2) is 10.8. The number of furan rings is 1. The number of aromatic nitrogens is 4. The molecule has 1 amide bonds. The number of tetrazole rings is 1. The van der Waals surface area contributed by atoms with E-state index in [2.05, 4.69) is 31.9 Å². The Morgan fingerprint density at radius 3 is 2.56 bits per heavy atom. The average molecular weight is 501 g/mol. The molecule has 1 atom stereocenters. The van der Waals surface area contributed by atoms with Crippen molar-refractivity contribution in [2.24, 2.45) is 0 Å². The van der Waals surface area contributed by atoms with Gasteiger partial charge in [0, 0.05) is 31.1 Å². The number of hydrogen-bond acceptors (Lipinski definition) is 8. The van der Waals surface area contributed by atoms with Gasteiger partial charge in [-0.2, -0.15) is 0 Å². The van der Waals surface area contributed by atoms with E-state index in [1.54, 1.807) is 30.6 Å². The monoisotopic (exact) mass is 500 g/mol. The third kappa shape index (κ3) is 4.98. The fourth-order valence-electron chi connectivity index (χ4n) is 4.12. The number of benzene rings is 1. The van der Waals surface area contributed by atoms with E-state index < -0.39 is 0 Å². The van der Waals surface area contributed by atoms with Gasteiger partial charge in [0.05, 0.1) is 26.0 Å². The minimum absolute atomic E-state index is 0. The normalized spacial score (nSPS) is 15.0. The van der Waals surface area contributed by atoms with Crippen LogP contribution in [0.5, 0.6) is 5.75 Å². The van der Waals surface area contributed by atoms with Crippen LogP contribution < -0.4 is 4.74 Å². The summed E-state index contributed by atoms with van der Waals surface area (Å²) in [4.78, 5) is 18.0. The van der Waals surface area contributed by atoms with Gasteiger partial charge in [0.25, 0.3) is 5.91 Å². The molecule has 0 N–H and O–H groups in total. The first-order valence-electron chi connectivity index (χ1n) is 10.7. The molecule has 3 aromatic heterocycles. The van der Waals surface area contributed by atoms with Crippen LogP contribution in [0.4, 0.5) is 0 Å². The number of rotatable bonds is 7. The highest BCUT2D eigenvalue weighted by Crippen LogP contribution is 2.30. The van der Waals surface area contributed by atoms with Crippen LogP contribution in [0, 0.1) is 0 Å². The summed E-state index contributed by atoms with van der Waals surface area (Å²) in [6.07, 6.45) is 1.52. The number of carbonyl (C=O) groups excluding carboxylic acids is 1. The van der Waals surface area contributed by atoms with E-state index in [9.17, 15) is 4.79 Å². The SMILES string of the molecule is COc1ccc(C(c2nnnn2Cc2cccs2)N2CCN(C(=O)c3ccco3)CC2)cc1.Cl. The number of ether oxygens (including phenoxy) is 1. The van der Waals surface area contributed by atoms with Gasteiger partial charge in [-0.1, -0.05) is 18.2 Å². The topological polar surface area (TPSA) is 89.5 Å². The quantitative estimate of drug-likeness (QED) is 0.384. The van der Waals surface area contributed by atoms with E-state index in [0.29, 0.717) is 38.5 Å². The van der Waals surface area contributed by atoms with E-state index in [0.717, 1.165) is 17.1 Å². The largest absolute Gasteiger partial charge is 0.497 e. The highest BCUT2D eigenvalue weighted by Gasteiger charge is 2.32. The number of piperazine rings is 1. The maximum atomic E-state index is 12.7. The molecular formula is C23H25ClN6O3S. The average Bonchev–Trinajstić information content (AvgIpc) is 3.64. The molecule has 9 nitrogen and oxygen atoms in total. The molecule has 1 aromatic carbocycles. The fraction of sp³-hybridized carbons (Fsp3) is 0.304. The number of hydrogen-bond donors (Lipinski definition) is 0. The van der Waals surface area contributed by atoms with E-state index in [1.165, 1.54) is 11.1 Å². The molecule has 34 heavy (non-hydrogen) atoms. The van der Waals surface area contributed by atoms with Crippen molar-refractivity contribution in [3.05, 3.63) is 82.2 Å². The molecule has 0 bridgehead atoms. The Balaban J connectivity index is 0.00000274. The lowest BCUT2D eigenvalue weighted by Crippen LogP contribution is -2.50. The summed E-state index contributed by atoms with van der Waals surface area (Å²) in [5, 5.41) is 14.7. The van der Waals surface area contributed by atoms with Crippen LogP contribution in [0.15, 0.2) is 64.6 Å². The molecule has 11 heteroatoms. The van der Waals surface area contributed by atoms with Crippen LogP contribution in [0.3, 0.4) is 0 Å². The summed E-state index contributed by atoms with van der Waals surface area (Å²) in [6, 6.07) is 15.4. The molecule has 1 saturated heterocycles. The van der Waals surface area contributed by atoms with Gasteiger partial charge < -0.3 is 14.1 Å². The van der Waals surface area contributed by atoms with Gasteiger partial charge in [-0.05, 0) is 51.7 Å². The zero-order valence-electron chi connectivity index (χ0n) is 18.6. The number of amides is 1. The summed E-state index contributed by atoms with van der Waals surface area (Å²) in [6.45, 7) is 3.19. The maximum absolute atomic E-state index is 12.7. The Morgan fingerprint density at radius 1 is 1.12 bits per heavy atom. The van der Waals surface area contributed by atoms with Crippen molar-refractivity contribution in [3.8, 4) is 5.75 Å². The smallest absolute Gasteiger partial charge is 0.289 e. The summed E-state index contributed by atoms with van der Waals surface area (Å²) < 4.78 is 12.5. The first-order chi connectivity index (χ1) is 16.2. The van der Waals surface area contributed by atoms with Crippen LogP contribution in [-0.4, -0.2) is 69.2 Å². The van der Waals surface area contributed by atoms with Crippen LogP contribution >= 0.6 is 23.7 Å². The van der Waals surface area contributed by atoms with Crippen molar-refractivity contribution in [1.82, 2.24) is 30.0 Å². The number of thiophene rings is 1. The second-order valence-corrected chi connectivity index (χ2v) is 8.79. The number of nitrogens with zero attached hydrogens (tertiary/aromatic N) is 6. The molecule has 0 spiro atoms. The van der Waals surface area contributed by atoms with Gasteiger partial charge in [-0.25, -0.2) is 4.68 Å².